The maximum Gasteiger partial charge on any atom is 0.257 e. The van der Waals surface area contributed by atoms with Gasteiger partial charge in [-0.25, -0.2) is 4.98 Å². The molecule has 4 nitrogen and oxygen atoms in total. The molecular weight excluding hydrogens is 204 g/mol. The molecule has 0 aliphatic rings. The van der Waals surface area contributed by atoms with Crippen molar-refractivity contribution in [1.82, 2.24) is 4.98 Å². The first-order valence-electron chi connectivity index (χ1n) is 5.31. The minimum absolute atomic E-state index is 0.167. The molecule has 1 unspecified atom stereocenters. The molecule has 1 heterocycles. The summed E-state index contributed by atoms with van der Waals surface area (Å²) in [6, 6.07) is 3.74. The van der Waals surface area contributed by atoms with Crippen LogP contribution in [0.25, 0.3) is 0 Å². The summed E-state index contributed by atoms with van der Waals surface area (Å²) >= 11 is 0. The van der Waals surface area contributed by atoms with Gasteiger partial charge in [-0.2, -0.15) is 0 Å². The summed E-state index contributed by atoms with van der Waals surface area (Å²) in [4.78, 5) is 16.1. The van der Waals surface area contributed by atoms with E-state index >= 15 is 0 Å². The van der Waals surface area contributed by atoms with Crippen LogP contribution in [0, 0.1) is 6.92 Å². The molecule has 1 aromatic rings. The first-order valence-corrected chi connectivity index (χ1v) is 5.31. The van der Waals surface area contributed by atoms with E-state index in [1.807, 2.05) is 26.0 Å². The number of pyridine rings is 1. The number of hydrogen-bond donors (Lipinski definition) is 1. The molecule has 0 spiro atoms. The Morgan fingerprint density at radius 1 is 1.62 bits per heavy atom. The van der Waals surface area contributed by atoms with Crippen molar-refractivity contribution in [2.75, 3.05) is 12.4 Å². The Balaban J connectivity index is 2.83. The molecular formula is C12H18N2O2. The fourth-order valence-electron chi connectivity index (χ4n) is 1.25. The van der Waals surface area contributed by atoms with Gasteiger partial charge in [0, 0.05) is 13.3 Å². The van der Waals surface area contributed by atoms with Crippen LogP contribution in [0.2, 0.25) is 0 Å². The average Bonchev–Trinajstić information content (AvgIpc) is 2.31. The van der Waals surface area contributed by atoms with Gasteiger partial charge in [0.2, 0.25) is 0 Å². The summed E-state index contributed by atoms with van der Waals surface area (Å²) in [5, 5.41) is 2.78. The van der Waals surface area contributed by atoms with Gasteiger partial charge in [0.05, 0.1) is 0 Å². The number of aromatic nitrogens is 1. The molecule has 0 fully saturated rings. The fourth-order valence-corrected chi connectivity index (χ4v) is 1.25. The lowest BCUT2D eigenvalue weighted by Gasteiger charge is -2.25. The van der Waals surface area contributed by atoms with Crippen LogP contribution in [0.4, 0.5) is 5.82 Å². The number of rotatable bonds is 4. The molecule has 0 aliphatic carbocycles. The molecule has 0 saturated carbocycles. The minimum atomic E-state index is -0.802. The van der Waals surface area contributed by atoms with Gasteiger partial charge in [0.15, 0.2) is 0 Å². The second-order valence-corrected chi connectivity index (χ2v) is 3.91. The van der Waals surface area contributed by atoms with E-state index in [9.17, 15) is 4.79 Å². The van der Waals surface area contributed by atoms with Gasteiger partial charge in [-0.15, -0.1) is 0 Å². The van der Waals surface area contributed by atoms with Crippen LogP contribution in [-0.4, -0.2) is 23.6 Å². The zero-order chi connectivity index (χ0) is 12.2. The molecule has 1 amide bonds. The lowest BCUT2D eigenvalue weighted by molar-refractivity contribution is -0.136. The lowest BCUT2D eigenvalue weighted by Crippen LogP contribution is -2.41. The molecule has 0 saturated heterocycles. The van der Waals surface area contributed by atoms with Gasteiger partial charge in [0.25, 0.3) is 5.91 Å². The van der Waals surface area contributed by atoms with Crippen LogP contribution >= 0.6 is 0 Å². The Morgan fingerprint density at radius 2 is 2.31 bits per heavy atom. The summed E-state index contributed by atoms with van der Waals surface area (Å²) in [6.07, 6.45) is 2.26. The van der Waals surface area contributed by atoms with Gasteiger partial charge >= 0.3 is 0 Å². The zero-order valence-corrected chi connectivity index (χ0v) is 10.2. The van der Waals surface area contributed by atoms with Crippen molar-refractivity contribution < 1.29 is 9.53 Å². The summed E-state index contributed by atoms with van der Waals surface area (Å²) in [5.74, 6) is 0.420. The number of methoxy groups -OCH3 is 1. The topological polar surface area (TPSA) is 51.2 Å². The first kappa shape index (κ1) is 12.6. The lowest BCUT2D eigenvalue weighted by atomic mass is 10.0. The normalized spacial score (nSPS) is 14.2. The predicted octanol–water partition coefficient (Wildman–Crippen LogP) is 2.14. The molecule has 4 heteroatoms. The number of anilines is 1. The van der Waals surface area contributed by atoms with Crippen molar-refractivity contribution in [2.24, 2.45) is 0 Å². The van der Waals surface area contributed by atoms with E-state index in [0.29, 0.717) is 12.2 Å². The highest BCUT2D eigenvalue weighted by Crippen LogP contribution is 2.18. The number of nitrogens with zero attached hydrogens (tertiary/aromatic N) is 1. The van der Waals surface area contributed by atoms with Crippen molar-refractivity contribution in [2.45, 2.75) is 32.8 Å². The first-order chi connectivity index (χ1) is 7.53. The number of amides is 1. The number of ether oxygens (including phenoxy) is 1. The molecule has 0 aliphatic heterocycles. The number of nitrogens with one attached hydrogen (secondary N) is 1. The van der Waals surface area contributed by atoms with Gasteiger partial charge in [-0.05, 0) is 31.9 Å². The molecule has 88 valence electrons. The van der Waals surface area contributed by atoms with Crippen LogP contribution < -0.4 is 5.32 Å². The van der Waals surface area contributed by atoms with Crippen molar-refractivity contribution in [3.05, 3.63) is 23.9 Å². The Morgan fingerprint density at radius 3 is 2.81 bits per heavy atom. The Kier molecular flexibility index (Phi) is 4.01. The monoisotopic (exact) mass is 222 g/mol. The Hall–Kier alpha value is -1.42. The average molecular weight is 222 g/mol. The van der Waals surface area contributed by atoms with E-state index in [0.717, 1.165) is 5.56 Å². The molecule has 1 N–H and O–H groups in total. The molecule has 0 bridgehead atoms. The van der Waals surface area contributed by atoms with E-state index in [-0.39, 0.29) is 5.91 Å². The SMILES string of the molecule is CCC(C)(OC)C(=O)Nc1ncccc1C. The second kappa shape index (κ2) is 5.07. The van der Waals surface area contributed by atoms with Gasteiger partial charge < -0.3 is 10.1 Å². The van der Waals surface area contributed by atoms with E-state index in [1.165, 1.54) is 7.11 Å². The molecule has 1 aromatic heterocycles. The summed E-state index contributed by atoms with van der Waals surface area (Å²) in [5.41, 5.74) is 0.134. The van der Waals surface area contributed by atoms with Crippen LogP contribution in [-0.2, 0) is 9.53 Å². The highest BCUT2D eigenvalue weighted by Gasteiger charge is 2.31. The van der Waals surface area contributed by atoms with Crippen LogP contribution in [0.3, 0.4) is 0 Å². The van der Waals surface area contributed by atoms with Gasteiger partial charge in [-0.1, -0.05) is 13.0 Å². The number of carbonyl (C=O) groups excluding carboxylic acids is 1. The van der Waals surface area contributed by atoms with Crippen molar-refractivity contribution in [3.63, 3.8) is 0 Å². The quantitative estimate of drug-likeness (QED) is 0.849. The van der Waals surface area contributed by atoms with E-state index in [1.54, 1.807) is 13.1 Å². The largest absolute Gasteiger partial charge is 0.369 e. The van der Waals surface area contributed by atoms with E-state index in [2.05, 4.69) is 10.3 Å². The van der Waals surface area contributed by atoms with E-state index < -0.39 is 5.60 Å². The smallest absolute Gasteiger partial charge is 0.257 e. The zero-order valence-electron chi connectivity index (χ0n) is 10.2. The predicted molar refractivity (Wildman–Crippen MR) is 63.3 cm³/mol. The van der Waals surface area contributed by atoms with Crippen molar-refractivity contribution in [3.8, 4) is 0 Å². The van der Waals surface area contributed by atoms with Crippen molar-refractivity contribution in [1.29, 1.82) is 0 Å². The maximum absolute atomic E-state index is 12.0. The Labute approximate surface area is 96.0 Å². The molecule has 1 rings (SSSR count). The highest BCUT2D eigenvalue weighted by atomic mass is 16.5. The molecule has 1 atom stereocenters. The number of carbonyl (C=O) groups is 1. The minimum Gasteiger partial charge on any atom is -0.369 e. The third-order valence-corrected chi connectivity index (χ3v) is 2.85. The third-order valence-electron chi connectivity index (χ3n) is 2.85. The van der Waals surface area contributed by atoms with Crippen molar-refractivity contribution >= 4 is 11.7 Å². The summed E-state index contributed by atoms with van der Waals surface area (Å²) in [7, 11) is 1.54. The highest BCUT2D eigenvalue weighted by molar-refractivity contribution is 5.96. The van der Waals surface area contributed by atoms with Crippen LogP contribution in [0.1, 0.15) is 25.8 Å². The fraction of sp³-hybridized carbons (Fsp3) is 0.500. The third kappa shape index (κ3) is 2.58. The summed E-state index contributed by atoms with van der Waals surface area (Å²) < 4.78 is 5.22. The van der Waals surface area contributed by atoms with E-state index in [4.69, 9.17) is 4.74 Å². The molecule has 0 radical (unpaired) electrons. The second-order valence-electron chi connectivity index (χ2n) is 3.91. The Bertz CT molecular complexity index is 373. The molecule has 0 aromatic carbocycles. The van der Waals surface area contributed by atoms with Crippen LogP contribution in [0.15, 0.2) is 18.3 Å². The van der Waals surface area contributed by atoms with Gasteiger partial charge in [-0.3, -0.25) is 4.79 Å². The number of aryl methyl sites for hydroxylation is 1. The van der Waals surface area contributed by atoms with Crippen LogP contribution in [0.5, 0.6) is 0 Å². The maximum atomic E-state index is 12.0. The van der Waals surface area contributed by atoms with Gasteiger partial charge in [0.1, 0.15) is 11.4 Å². The standard InChI is InChI=1S/C12H18N2O2/c1-5-12(3,16-4)11(15)14-10-9(2)7-6-8-13-10/h6-8H,5H2,1-4H3,(H,13,14,15). The number of hydrogen-bond acceptors (Lipinski definition) is 3. The summed E-state index contributed by atoms with van der Waals surface area (Å²) in [6.45, 7) is 5.58. The molecule has 16 heavy (non-hydrogen) atoms.